The molecule has 0 aliphatic heterocycles. The van der Waals surface area contributed by atoms with Gasteiger partial charge in [0.2, 0.25) is 5.91 Å². The Morgan fingerprint density at radius 3 is 2.42 bits per heavy atom. The number of carboxylic acids is 1. The second-order valence-corrected chi connectivity index (χ2v) is 8.40. The summed E-state index contributed by atoms with van der Waals surface area (Å²) in [4.78, 5) is 36.9. The highest BCUT2D eigenvalue weighted by Gasteiger charge is 2.34. The third kappa shape index (κ3) is 5.64. The molecule has 0 aliphatic carbocycles. The van der Waals surface area contributed by atoms with E-state index in [0.717, 1.165) is 18.2 Å². The van der Waals surface area contributed by atoms with Gasteiger partial charge in [-0.25, -0.2) is 14.0 Å². The van der Waals surface area contributed by atoms with Crippen LogP contribution in [0.5, 0.6) is 0 Å². The monoisotopic (exact) mass is 525 g/mol. The minimum atomic E-state index is -4.93. The van der Waals surface area contributed by atoms with Crippen molar-refractivity contribution in [3.05, 3.63) is 105 Å². The molecule has 1 amide bonds. The number of hydrogen-bond donors (Lipinski definition) is 2. The summed E-state index contributed by atoms with van der Waals surface area (Å²) in [6, 6.07) is 13.5. The fourth-order valence-corrected chi connectivity index (χ4v) is 4.05. The van der Waals surface area contributed by atoms with E-state index in [0.29, 0.717) is 27.6 Å². The number of alkyl halides is 3. The molecule has 3 aromatic carbocycles. The van der Waals surface area contributed by atoms with Crippen LogP contribution in [0.4, 0.5) is 23.2 Å². The van der Waals surface area contributed by atoms with E-state index >= 15 is 0 Å². The predicted octanol–water partition coefficient (Wildman–Crippen LogP) is 6.21. The highest BCUT2D eigenvalue weighted by molar-refractivity contribution is 6.00. The Kier molecular flexibility index (Phi) is 7.16. The molecular formula is C28H19F4NO5. The summed E-state index contributed by atoms with van der Waals surface area (Å²) in [6.07, 6.45) is -3.26. The summed E-state index contributed by atoms with van der Waals surface area (Å²) in [5, 5.41) is 11.5. The highest BCUT2D eigenvalue weighted by Crippen LogP contribution is 2.36. The number of amides is 1. The van der Waals surface area contributed by atoms with E-state index in [-0.39, 0.29) is 17.2 Å². The van der Waals surface area contributed by atoms with Gasteiger partial charge in [0.15, 0.2) is 0 Å². The SMILES string of the molecule is Cc1cc2oc(=O)c(CC(=O)Nc3ccc(F)cc3C(F)(F)F)c(-c3ccccc3)c2cc1/C=C/C(=O)O. The number of carbonyl (C=O) groups excluding carboxylic acids is 1. The average molecular weight is 525 g/mol. The molecule has 0 unspecified atom stereocenters. The van der Waals surface area contributed by atoms with Crippen LogP contribution in [0, 0.1) is 12.7 Å². The molecule has 0 aliphatic rings. The van der Waals surface area contributed by atoms with Gasteiger partial charge in [-0.15, -0.1) is 0 Å². The molecule has 1 heterocycles. The molecule has 2 N–H and O–H groups in total. The van der Waals surface area contributed by atoms with E-state index in [9.17, 15) is 31.9 Å². The van der Waals surface area contributed by atoms with Crippen molar-refractivity contribution in [2.24, 2.45) is 0 Å². The van der Waals surface area contributed by atoms with Crippen LogP contribution in [0.15, 0.2) is 76.0 Å². The molecule has 0 radical (unpaired) electrons. The van der Waals surface area contributed by atoms with Gasteiger partial charge in [0.1, 0.15) is 11.4 Å². The van der Waals surface area contributed by atoms with E-state index in [2.05, 4.69) is 5.32 Å². The molecule has 4 aromatic rings. The standard InChI is InChI=1S/C28H19F4NO5/c1-15-11-23-19(12-17(15)7-10-25(35)36)26(16-5-3-2-4-6-16)20(27(37)38-23)14-24(34)33-22-9-8-18(29)13-21(22)28(30,31)32/h2-13H,14H2,1H3,(H,33,34)(H,35,36)/b10-7+. The first-order chi connectivity index (χ1) is 17.9. The number of hydrogen-bond acceptors (Lipinski definition) is 4. The quantitative estimate of drug-likeness (QED) is 0.177. The first-order valence-electron chi connectivity index (χ1n) is 11.2. The zero-order valence-corrected chi connectivity index (χ0v) is 19.7. The van der Waals surface area contributed by atoms with Gasteiger partial charge >= 0.3 is 17.8 Å². The number of anilines is 1. The topological polar surface area (TPSA) is 96.6 Å². The Hall–Kier alpha value is -4.73. The third-order valence-electron chi connectivity index (χ3n) is 5.75. The average Bonchev–Trinajstić information content (AvgIpc) is 2.84. The van der Waals surface area contributed by atoms with Crippen molar-refractivity contribution in [3.63, 3.8) is 0 Å². The molecule has 10 heteroatoms. The lowest BCUT2D eigenvalue weighted by molar-refractivity contribution is -0.137. The number of halogens is 4. The van der Waals surface area contributed by atoms with Gasteiger partial charge < -0.3 is 14.8 Å². The number of aliphatic carboxylic acids is 1. The summed E-state index contributed by atoms with van der Waals surface area (Å²) in [5.41, 5.74) is -0.849. The highest BCUT2D eigenvalue weighted by atomic mass is 19.4. The lowest BCUT2D eigenvalue weighted by Crippen LogP contribution is -2.22. The summed E-state index contributed by atoms with van der Waals surface area (Å²) in [7, 11) is 0. The summed E-state index contributed by atoms with van der Waals surface area (Å²) >= 11 is 0. The number of rotatable bonds is 6. The Bertz CT molecular complexity index is 1640. The van der Waals surface area contributed by atoms with Gasteiger partial charge in [0.25, 0.3) is 0 Å². The minimum absolute atomic E-state index is 0.117. The van der Waals surface area contributed by atoms with Crippen molar-refractivity contribution in [2.75, 3.05) is 5.32 Å². The minimum Gasteiger partial charge on any atom is -0.478 e. The fourth-order valence-electron chi connectivity index (χ4n) is 4.05. The van der Waals surface area contributed by atoms with Crippen molar-refractivity contribution in [3.8, 4) is 11.1 Å². The van der Waals surface area contributed by atoms with Crippen molar-refractivity contribution in [2.45, 2.75) is 19.5 Å². The molecule has 38 heavy (non-hydrogen) atoms. The molecule has 194 valence electrons. The van der Waals surface area contributed by atoms with Gasteiger partial charge in [-0.05, 0) is 60.0 Å². The number of nitrogens with one attached hydrogen (secondary N) is 1. The van der Waals surface area contributed by atoms with Crippen molar-refractivity contribution >= 4 is 34.6 Å². The lowest BCUT2D eigenvalue weighted by Gasteiger charge is -2.16. The Morgan fingerprint density at radius 2 is 1.76 bits per heavy atom. The zero-order chi connectivity index (χ0) is 27.6. The Balaban J connectivity index is 1.85. The third-order valence-corrected chi connectivity index (χ3v) is 5.75. The zero-order valence-electron chi connectivity index (χ0n) is 19.7. The predicted molar refractivity (Wildman–Crippen MR) is 133 cm³/mol. The maximum atomic E-state index is 13.5. The van der Waals surface area contributed by atoms with Gasteiger partial charge in [-0.3, -0.25) is 4.79 Å². The van der Waals surface area contributed by atoms with Crippen LogP contribution in [-0.2, 0) is 22.2 Å². The summed E-state index contributed by atoms with van der Waals surface area (Å²) in [5.74, 6) is -3.24. The molecule has 6 nitrogen and oxygen atoms in total. The number of aryl methyl sites for hydroxylation is 1. The number of carbonyl (C=O) groups is 2. The first kappa shape index (κ1) is 26.3. The lowest BCUT2D eigenvalue weighted by atomic mass is 9.93. The van der Waals surface area contributed by atoms with Gasteiger partial charge in [-0.2, -0.15) is 13.2 Å². The smallest absolute Gasteiger partial charge is 0.418 e. The number of benzene rings is 3. The van der Waals surface area contributed by atoms with Crippen molar-refractivity contribution in [1.29, 1.82) is 0 Å². The van der Waals surface area contributed by atoms with Crippen LogP contribution >= 0.6 is 0 Å². The van der Waals surface area contributed by atoms with Crippen LogP contribution in [0.25, 0.3) is 28.2 Å². The van der Waals surface area contributed by atoms with Crippen LogP contribution in [0.2, 0.25) is 0 Å². The maximum absolute atomic E-state index is 13.5. The van der Waals surface area contributed by atoms with Gasteiger partial charge in [-0.1, -0.05) is 30.3 Å². The van der Waals surface area contributed by atoms with Crippen LogP contribution in [0.3, 0.4) is 0 Å². The normalized spacial score (nSPS) is 11.7. The number of fused-ring (bicyclic) bond motifs is 1. The molecule has 0 atom stereocenters. The van der Waals surface area contributed by atoms with E-state index in [1.165, 1.54) is 6.08 Å². The first-order valence-corrected chi connectivity index (χ1v) is 11.2. The molecule has 0 fully saturated rings. The molecular weight excluding hydrogens is 506 g/mol. The molecule has 1 aromatic heterocycles. The molecule has 0 bridgehead atoms. The summed E-state index contributed by atoms with van der Waals surface area (Å²) < 4.78 is 59.1. The second kappa shape index (κ2) is 10.3. The van der Waals surface area contributed by atoms with Crippen molar-refractivity contribution < 1.29 is 36.7 Å². The number of carboxylic acid groups (broad SMARTS) is 1. The summed E-state index contributed by atoms with van der Waals surface area (Å²) in [6.45, 7) is 1.70. The van der Waals surface area contributed by atoms with E-state index in [4.69, 9.17) is 9.52 Å². The Morgan fingerprint density at radius 1 is 1.05 bits per heavy atom. The van der Waals surface area contributed by atoms with Crippen LogP contribution in [-0.4, -0.2) is 17.0 Å². The van der Waals surface area contributed by atoms with Crippen LogP contribution < -0.4 is 10.9 Å². The molecule has 0 saturated heterocycles. The molecule has 0 spiro atoms. The van der Waals surface area contributed by atoms with E-state index < -0.39 is 47.2 Å². The van der Waals surface area contributed by atoms with E-state index in [1.54, 1.807) is 49.4 Å². The van der Waals surface area contributed by atoms with Gasteiger partial charge in [0.05, 0.1) is 23.2 Å². The van der Waals surface area contributed by atoms with Crippen LogP contribution in [0.1, 0.15) is 22.3 Å². The second-order valence-electron chi connectivity index (χ2n) is 8.40. The Labute approximate surface area is 212 Å². The fraction of sp³-hybridized carbons (Fsp3) is 0.107. The molecule has 0 saturated carbocycles. The largest absolute Gasteiger partial charge is 0.478 e. The van der Waals surface area contributed by atoms with E-state index in [1.807, 2.05) is 0 Å². The maximum Gasteiger partial charge on any atom is 0.418 e. The van der Waals surface area contributed by atoms with Gasteiger partial charge in [0, 0.05) is 17.0 Å². The van der Waals surface area contributed by atoms with Crippen molar-refractivity contribution in [1.82, 2.24) is 0 Å². The molecule has 4 rings (SSSR count).